The van der Waals surface area contributed by atoms with E-state index in [1.807, 2.05) is 36.9 Å². The number of piperazine rings is 1. The lowest BCUT2D eigenvalue weighted by atomic mass is 10.1. The van der Waals surface area contributed by atoms with Crippen molar-refractivity contribution in [2.24, 2.45) is 0 Å². The number of hydrogen-bond acceptors (Lipinski definition) is 5. The Bertz CT molecular complexity index is 838. The van der Waals surface area contributed by atoms with Crippen molar-refractivity contribution in [2.75, 3.05) is 26.2 Å². The molecule has 1 saturated heterocycles. The van der Waals surface area contributed by atoms with Crippen LogP contribution in [-0.2, 0) is 6.54 Å². The van der Waals surface area contributed by atoms with Crippen molar-refractivity contribution in [1.82, 2.24) is 14.8 Å². The van der Waals surface area contributed by atoms with Crippen LogP contribution in [0.15, 0.2) is 42.6 Å². The summed E-state index contributed by atoms with van der Waals surface area (Å²) >= 11 is 0. The highest BCUT2D eigenvalue weighted by molar-refractivity contribution is 5.95. The molecule has 1 amide bonds. The van der Waals surface area contributed by atoms with E-state index in [0.717, 1.165) is 30.9 Å². The number of carboxylic acids is 1. The molecular weight excluding hydrogens is 358 g/mol. The Morgan fingerprint density at radius 3 is 2.64 bits per heavy atom. The van der Waals surface area contributed by atoms with Crippen LogP contribution in [0.4, 0.5) is 0 Å². The minimum Gasteiger partial charge on any atom is -0.494 e. The monoisotopic (exact) mass is 383 g/mol. The standard InChI is InChI=1S/C21H25N3O4/c1-3-28-19-7-5-4-6-17(19)14-23-10-11-24(15(2)13-23)20(25)16-8-9-18(21(26)27)22-12-16/h4-9,12,15H,3,10-11,13-14H2,1-2H3,(H,26,27). The van der Waals surface area contributed by atoms with E-state index in [9.17, 15) is 9.59 Å². The van der Waals surface area contributed by atoms with E-state index in [1.165, 1.54) is 18.3 Å². The number of rotatable bonds is 6. The van der Waals surface area contributed by atoms with Gasteiger partial charge in [0.25, 0.3) is 5.91 Å². The SMILES string of the molecule is CCOc1ccccc1CN1CCN(C(=O)c2ccc(C(=O)O)nc2)C(C)C1. The van der Waals surface area contributed by atoms with Crippen LogP contribution in [0.2, 0.25) is 0 Å². The van der Waals surface area contributed by atoms with Crippen molar-refractivity contribution < 1.29 is 19.4 Å². The summed E-state index contributed by atoms with van der Waals surface area (Å²) in [6.07, 6.45) is 1.34. The van der Waals surface area contributed by atoms with E-state index in [2.05, 4.69) is 16.0 Å². The molecule has 1 aromatic carbocycles. The molecule has 0 spiro atoms. The van der Waals surface area contributed by atoms with Gasteiger partial charge in [0.05, 0.1) is 12.2 Å². The summed E-state index contributed by atoms with van der Waals surface area (Å²) in [7, 11) is 0. The second kappa shape index (κ2) is 8.84. The Balaban J connectivity index is 1.63. The second-order valence-corrected chi connectivity index (χ2v) is 6.86. The van der Waals surface area contributed by atoms with Crippen molar-refractivity contribution in [3.05, 3.63) is 59.4 Å². The number of carbonyl (C=O) groups excluding carboxylic acids is 1. The number of hydrogen-bond donors (Lipinski definition) is 1. The van der Waals surface area contributed by atoms with Gasteiger partial charge in [0.1, 0.15) is 11.4 Å². The summed E-state index contributed by atoms with van der Waals surface area (Å²) in [5.41, 5.74) is 1.49. The van der Waals surface area contributed by atoms with Gasteiger partial charge in [-0.25, -0.2) is 9.78 Å². The molecule has 1 aromatic heterocycles. The summed E-state index contributed by atoms with van der Waals surface area (Å²) in [5, 5.41) is 8.94. The minimum absolute atomic E-state index is 0.0413. The molecule has 1 unspecified atom stereocenters. The molecule has 0 aliphatic carbocycles. The predicted molar refractivity (Wildman–Crippen MR) is 105 cm³/mol. The number of carbonyl (C=O) groups is 2. The maximum absolute atomic E-state index is 12.8. The van der Waals surface area contributed by atoms with Crippen LogP contribution in [0.5, 0.6) is 5.75 Å². The molecule has 0 saturated carbocycles. The van der Waals surface area contributed by atoms with Crippen LogP contribution >= 0.6 is 0 Å². The Morgan fingerprint density at radius 2 is 2.00 bits per heavy atom. The van der Waals surface area contributed by atoms with E-state index < -0.39 is 5.97 Å². The fourth-order valence-corrected chi connectivity index (χ4v) is 3.46. The molecule has 1 fully saturated rings. The van der Waals surface area contributed by atoms with Gasteiger partial charge < -0.3 is 14.7 Å². The number of nitrogens with zero attached hydrogens (tertiary/aromatic N) is 3. The van der Waals surface area contributed by atoms with E-state index >= 15 is 0 Å². The zero-order valence-corrected chi connectivity index (χ0v) is 16.2. The van der Waals surface area contributed by atoms with Crippen LogP contribution in [0.25, 0.3) is 0 Å². The van der Waals surface area contributed by atoms with Crippen molar-refractivity contribution in [3.63, 3.8) is 0 Å². The minimum atomic E-state index is -1.10. The predicted octanol–water partition coefficient (Wildman–Crippen LogP) is 2.53. The van der Waals surface area contributed by atoms with Crippen molar-refractivity contribution in [3.8, 4) is 5.75 Å². The molecule has 2 heterocycles. The molecule has 1 N–H and O–H groups in total. The van der Waals surface area contributed by atoms with Gasteiger partial charge >= 0.3 is 5.97 Å². The van der Waals surface area contributed by atoms with E-state index in [1.54, 1.807) is 0 Å². The first-order chi connectivity index (χ1) is 13.5. The van der Waals surface area contributed by atoms with Gasteiger partial charge in [-0.2, -0.15) is 0 Å². The molecule has 7 nitrogen and oxygen atoms in total. The maximum Gasteiger partial charge on any atom is 0.354 e. The van der Waals surface area contributed by atoms with Crippen LogP contribution in [0, 0.1) is 0 Å². The normalized spacial score (nSPS) is 17.4. The zero-order chi connectivity index (χ0) is 20.1. The number of pyridine rings is 1. The fourth-order valence-electron chi connectivity index (χ4n) is 3.46. The number of ether oxygens (including phenoxy) is 1. The van der Waals surface area contributed by atoms with Crippen LogP contribution in [0.3, 0.4) is 0 Å². The van der Waals surface area contributed by atoms with Crippen LogP contribution < -0.4 is 4.74 Å². The molecule has 1 aliphatic heterocycles. The Kier molecular flexibility index (Phi) is 6.26. The van der Waals surface area contributed by atoms with Gasteiger partial charge in [-0.3, -0.25) is 9.69 Å². The number of benzene rings is 1. The third kappa shape index (κ3) is 4.48. The molecule has 7 heteroatoms. The van der Waals surface area contributed by atoms with E-state index in [0.29, 0.717) is 18.7 Å². The number of para-hydroxylation sites is 1. The molecule has 1 atom stereocenters. The average molecular weight is 383 g/mol. The van der Waals surface area contributed by atoms with Crippen LogP contribution in [-0.4, -0.2) is 64.0 Å². The third-order valence-electron chi connectivity index (χ3n) is 4.87. The largest absolute Gasteiger partial charge is 0.494 e. The quantitative estimate of drug-likeness (QED) is 0.825. The molecule has 3 rings (SSSR count). The smallest absolute Gasteiger partial charge is 0.354 e. The zero-order valence-electron chi connectivity index (χ0n) is 16.2. The van der Waals surface area contributed by atoms with Gasteiger partial charge in [-0.15, -0.1) is 0 Å². The first-order valence-corrected chi connectivity index (χ1v) is 9.43. The highest BCUT2D eigenvalue weighted by Crippen LogP contribution is 2.22. The van der Waals surface area contributed by atoms with Gasteiger partial charge in [0, 0.05) is 44.0 Å². The summed E-state index contributed by atoms with van der Waals surface area (Å²) < 4.78 is 5.71. The van der Waals surface area contributed by atoms with Gasteiger partial charge in [0.15, 0.2) is 0 Å². The van der Waals surface area contributed by atoms with Crippen molar-refractivity contribution in [2.45, 2.75) is 26.4 Å². The number of aromatic nitrogens is 1. The van der Waals surface area contributed by atoms with Crippen molar-refractivity contribution >= 4 is 11.9 Å². The van der Waals surface area contributed by atoms with E-state index in [4.69, 9.17) is 9.84 Å². The Morgan fingerprint density at radius 1 is 1.21 bits per heavy atom. The summed E-state index contributed by atoms with van der Waals surface area (Å²) in [5.74, 6) is -0.319. The summed E-state index contributed by atoms with van der Waals surface area (Å²) in [6.45, 7) is 7.53. The number of amides is 1. The fraction of sp³-hybridized carbons (Fsp3) is 0.381. The highest BCUT2D eigenvalue weighted by atomic mass is 16.5. The summed E-state index contributed by atoms with van der Waals surface area (Å²) in [6, 6.07) is 11.0. The first kappa shape index (κ1) is 19.8. The lowest BCUT2D eigenvalue weighted by Crippen LogP contribution is -2.53. The van der Waals surface area contributed by atoms with E-state index in [-0.39, 0.29) is 17.6 Å². The molecule has 0 bridgehead atoms. The highest BCUT2D eigenvalue weighted by Gasteiger charge is 2.28. The molecule has 2 aromatic rings. The molecule has 148 valence electrons. The maximum atomic E-state index is 12.8. The Hall–Kier alpha value is -2.93. The summed E-state index contributed by atoms with van der Waals surface area (Å²) in [4.78, 5) is 31.7. The lowest BCUT2D eigenvalue weighted by molar-refractivity contribution is 0.0472. The average Bonchev–Trinajstić information content (AvgIpc) is 2.69. The number of aromatic carboxylic acids is 1. The Labute approximate surface area is 164 Å². The molecular formula is C21H25N3O4. The topological polar surface area (TPSA) is 83.0 Å². The molecule has 0 radical (unpaired) electrons. The van der Waals surface area contributed by atoms with Gasteiger partial charge in [0.2, 0.25) is 0 Å². The molecule has 28 heavy (non-hydrogen) atoms. The lowest BCUT2D eigenvalue weighted by Gasteiger charge is -2.40. The molecule has 1 aliphatic rings. The third-order valence-corrected chi connectivity index (χ3v) is 4.87. The number of carboxylic acid groups (broad SMARTS) is 1. The van der Waals surface area contributed by atoms with Gasteiger partial charge in [-0.1, -0.05) is 18.2 Å². The van der Waals surface area contributed by atoms with Crippen LogP contribution in [0.1, 0.15) is 40.3 Å². The van der Waals surface area contributed by atoms with Gasteiger partial charge in [-0.05, 0) is 32.0 Å². The second-order valence-electron chi connectivity index (χ2n) is 6.86. The van der Waals surface area contributed by atoms with Crippen molar-refractivity contribution in [1.29, 1.82) is 0 Å². The first-order valence-electron chi connectivity index (χ1n) is 9.43.